The predicted octanol–water partition coefficient (Wildman–Crippen LogP) is 1.32. The van der Waals surface area contributed by atoms with E-state index in [-0.39, 0.29) is 6.10 Å². The zero-order chi connectivity index (χ0) is 10.3. The maximum absolute atomic E-state index is 9.39. The van der Waals surface area contributed by atoms with E-state index in [1.807, 2.05) is 20.8 Å². The first kappa shape index (κ1) is 12.9. The molecule has 3 atom stereocenters. The Morgan fingerprint density at radius 2 is 1.92 bits per heavy atom. The first-order valence-corrected chi connectivity index (χ1v) is 5.23. The fourth-order valence-electron chi connectivity index (χ4n) is 1.40. The number of ether oxygens (including phenoxy) is 1. The fourth-order valence-corrected chi connectivity index (χ4v) is 1.40. The standard InChI is InChI=1S/C8H16O3.C2H6/c1-2-3-7-8(10)6(9)4-5-11-7;1-2/h6-10H,2-5H2,1H3;1-2H3. The molecule has 0 spiro atoms. The molecule has 0 amide bonds. The van der Waals surface area contributed by atoms with Gasteiger partial charge in [-0.05, 0) is 12.8 Å². The van der Waals surface area contributed by atoms with Crippen LogP contribution in [-0.4, -0.2) is 35.1 Å². The lowest BCUT2D eigenvalue weighted by Gasteiger charge is -2.31. The Kier molecular flexibility index (Phi) is 7.23. The minimum Gasteiger partial charge on any atom is -0.390 e. The van der Waals surface area contributed by atoms with Crippen molar-refractivity contribution in [2.45, 2.75) is 58.3 Å². The molecule has 3 nitrogen and oxygen atoms in total. The van der Waals surface area contributed by atoms with Crippen molar-refractivity contribution < 1.29 is 14.9 Å². The van der Waals surface area contributed by atoms with Crippen molar-refractivity contribution in [3.63, 3.8) is 0 Å². The molecule has 1 fully saturated rings. The Morgan fingerprint density at radius 3 is 2.46 bits per heavy atom. The highest BCUT2D eigenvalue weighted by Crippen LogP contribution is 2.18. The molecule has 0 bridgehead atoms. The molecule has 1 aliphatic heterocycles. The smallest absolute Gasteiger partial charge is 0.106 e. The molecule has 1 rings (SSSR count). The van der Waals surface area contributed by atoms with Crippen molar-refractivity contribution in [2.75, 3.05) is 6.61 Å². The van der Waals surface area contributed by atoms with Gasteiger partial charge in [0.25, 0.3) is 0 Å². The van der Waals surface area contributed by atoms with Crippen molar-refractivity contribution in [1.29, 1.82) is 0 Å². The van der Waals surface area contributed by atoms with Crippen LogP contribution >= 0.6 is 0 Å². The summed E-state index contributed by atoms with van der Waals surface area (Å²) in [6.07, 6.45) is 0.960. The third kappa shape index (κ3) is 4.07. The van der Waals surface area contributed by atoms with Crippen molar-refractivity contribution in [3.8, 4) is 0 Å². The number of hydrogen-bond donors (Lipinski definition) is 2. The van der Waals surface area contributed by atoms with Crippen LogP contribution in [0.5, 0.6) is 0 Å². The Hall–Kier alpha value is -0.120. The van der Waals surface area contributed by atoms with Gasteiger partial charge in [-0.25, -0.2) is 0 Å². The fraction of sp³-hybridized carbons (Fsp3) is 1.00. The second-order valence-corrected chi connectivity index (χ2v) is 3.04. The van der Waals surface area contributed by atoms with E-state index in [2.05, 4.69) is 0 Å². The van der Waals surface area contributed by atoms with Gasteiger partial charge >= 0.3 is 0 Å². The van der Waals surface area contributed by atoms with E-state index in [1.54, 1.807) is 0 Å². The third-order valence-electron chi connectivity index (χ3n) is 2.09. The molecule has 13 heavy (non-hydrogen) atoms. The molecular weight excluding hydrogens is 168 g/mol. The highest BCUT2D eigenvalue weighted by Gasteiger charge is 2.30. The Morgan fingerprint density at radius 1 is 1.31 bits per heavy atom. The van der Waals surface area contributed by atoms with Crippen LogP contribution in [0.2, 0.25) is 0 Å². The van der Waals surface area contributed by atoms with Gasteiger partial charge in [0.2, 0.25) is 0 Å². The SMILES string of the molecule is CC.CCCC1OCCC(O)C1O. The van der Waals surface area contributed by atoms with E-state index in [1.165, 1.54) is 0 Å². The predicted molar refractivity (Wildman–Crippen MR) is 52.6 cm³/mol. The van der Waals surface area contributed by atoms with Crippen LogP contribution in [0.4, 0.5) is 0 Å². The molecule has 0 saturated carbocycles. The molecule has 2 N–H and O–H groups in total. The van der Waals surface area contributed by atoms with Crippen LogP contribution in [-0.2, 0) is 4.74 Å². The summed E-state index contributed by atoms with van der Waals surface area (Å²) in [5.41, 5.74) is 0. The lowest BCUT2D eigenvalue weighted by atomic mass is 9.99. The summed E-state index contributed by atoms with van der Waals surface area (Å²) in [5, 5.41) is 18.6. The lowest BCUT2D eigenvalue weighted by molar-refractivity contribution is -0.136. The summed E-state index contributed by atoms with van der Waals surface area (Å²) in [6.45, 7) is 6.61. The molecule has 0 aliphatic carbocycles. The second-order valence-electron chi connectivity index (χ2n) is 3.04. The molecular formula is C10H22O3. The monoisotopic (exact) mass is 190 g/mol. The number of aliphatic hydroxyl groups excluding tert-OH is 2. The van der Waals surface area contributed by atoms with Crippen molar-refractivity contribution in [1.82, 2.24) is 0 Å². The van der Waals surface area contributed by atoms with Gasteiger partial charge in [0.1, 0.15) is 6.10 Å². The largest absolute Gasteiger partial charge is 0.390 e. The normalized spacial score (nSPS) is 33.5. The number of rotatable bonds is 2. The molecule has 0 aromatic carbocycles. The molecule has 3 heteroatoms. The Balaban J connectivity index is 0.000000671. The molecule has 80 valence electrons. The molecule has 0 radical (unpaired) electrons. The molecule has 1 heterocycles. The summed E-state index contributed by atoms with van der Waals surface area (Å²) in [4.78, 5) is 0. The van der Waals surface area contributed by atoms with Crippen LogP contribution in [0.1, 0.15) is 40.0 Å². The van der Waals surface area contributed by atoms with Crippen LogP contribution < -0.4 is 0 Å². The minimum atomic E-state index is -0.677. The topological polar surface area (TPSA) is 49.7 Å². The summed E-state index contributed by atoms with van der Waals surface area (Å²) in [6, 6.07) is 0. The molecule has 1 aliphatic rings. The van der Waals surface area contributed by atoms with Crippen molar-refractivity contribution in [3.05, 3.63) is 0 Å². The average molecular weight is 190 g/mol. The average Bonchev–Trinajstić information content (AvgIpc) is 2.17. The maximum Gasteiger partial charge on any atom is 0.106 e. The Labute approximate surface area is 80.7 Å². The van der Waals surface area contributed by atoms with E-state index < -0.39 is 12.2 Å². The molecule has 0 aromatic rings. The highest BCUT2D eigenvalue weighted by molar-refractivity contribution is 4.80. The van der Waals surface area contributed by atoms with E-state index in [9.17, 15) is 10.2 Å². The first-order chi connectivity index (χ1) is 6.25. The van der Waals surface area contributed by atoms with Gasteiger partial charge in [0, 0.05) is 6.61 Å². The van der Waals surface area contributed by atoms with Crippen LogP contribution in [0.15, 0.2) is 0 Å². The summed E-state index contributed by atoms with van der Waals surface area (Å²) >= 11 is 0. The van der Waals surface area contributed by atoms with Gasteiger partial charge in [-0.15, -0.1) is 0 Å². The lowest BCUT2D eigenvalue weighted by Crippen LogP contribution is -2.44. The van der Waals surface area contributed by atoms with E-state index >= 15 is 0 Å². The van der Waals surface area contributed by atoms with E-state index in [4.69, 9.17) is 4.74 Å². The number of hydrogen-bond acceptors (Lipinski definition) is 3. The summed E-state index contributed by atoms with van der Waals surface area (Å²) < 4.78 is 5.29. The van der Waals surface area contributed by atoms with Crippen LogP contribution in [0.25, 0.3) is 0 Å². The van der Waals surface area contributed by atoms with Crippen LogP contribution in [0, 0.1) is 0 Å². The van der Waals surface area contributed by atoms with Crippen molar-refractivity contribution in [2.24, 2.45) is 0 Å². The molecule has 1 saturated heterocycles. The first-order valence-electron chi connectivity index (χ1n) is 5.23. The zero-order valence-corrected chi connectivity index (χ0v) is 8.86. The van der Waals surface area contributed by atoms with Gasteiger partial charge in [-0.3, -0.25) is 0 Å². The third-order valence-corrected chi connectivity index (χ3v) is 2.09. The molecule has 0 aromatic heterocycles. The van der Waals surface area contributed by atoms with Gasteiger partial charge < -0.3 is 14.9 Å². The zero-order valence-electron chi connectivity index (χ0n) is 8.86. The van der Waals surface area contributed by atoms with Gasteiger partial charge in [-0.1, -0.05) is 27.2 Å². The van der Waals surface area contributed by atoms with E-state index in [0.29, 0.717) is 13.0 Å². The van der Waals surface area contributed by atoms with Crippen LogP contribution in [0.3, 0.4) is 0 Å². The summed E-state index contributed by atoms with van der Waals surface area (Å²) in [7, 11) is 0. The maximum atomic E-state index is 9.39. The minimum absolute atomic E-state index is 0.149. The quantitative estimate of drug-likeness (QED) is 0.690. The van der Waals surface area contributed by atoms with Gasteiger partial charge in [0.15, 0.2) is 0 Å². The van der Waals surface area contributed by atoms with Gasteiger partial charge in [0.05, 0.1) is 12.2 Å². The number of aliphatic hydroxyl groups is 2. The molecule has 3 unspecified atom stereocenters. The van der Waals surface area contributed by atoms with Gasteiger partial charge in [-0.2, -0.15) is 0 Å². The van der Waals surface area contributed by atoms with E-state index in [0.717, 1.165) is 12.8 Å². The van der Waals surface area contributed by atoms with Crippen molar-refractivity contribution >= 4 is 0 Å². The Bertz CT molecular complexity index is 115. The summed E-state index contributed by atoms with van der Waals surface area (Å²) in [5.74, 6) is 0. The second kappa shape index (κ2) is 7.30. The highest BCUT2D eigenvalue weighted by atomic mass is 16.5.